The summed E-state index contributed by atoms with van der Waals surface area (Å²) in [5.41, 5.74) is 1.06. The molecule has 0 aliphatic carbocycles. The molecular weight excluding hydrogens is 342 g/mol. The maximum Gasteiger partial charge on any atom is 0.251 e. The third-order valence-electron chi connectivity index (χ3n) is 4.65. The van der Waals surface area contributed by atoms with Gasteiger partial charge in [0.2, 0.25) is 0 Å². The Balaban J connectivity index is 1.42. The first-order chi connectivity index (χ1) is 11.7. The molecule has 5 nitrogen and oxygen atoms in total. The van der Waals surface area contributed by atoms with Gasteiger partial charge < -0.3 is 14.5 Å². The van der Waals surface area contributed by atoms with Gasteiger partial charge in [0.05, 0.1) is 10.2 Å². The van der Waals surface area contributed by atoms with E-state index in [0.29, 0.717) is 0 Å². The van der Waals surface area contributed by atoms with Crippen molar-refractivity contribution in [2.24, 2.45) is 0 Å². The maximum atomic E-state index is 12.4. The molecule has 1 aromatic heterocycles. The molecule has 2 fully saturated rings. The van der Waals surface area contributed by atoms with Gasteiger partial charge in [-0.05, 0) is 37.3 Å². The number of hydrogen-bond donors (Lipinski definition) is 0. The number of rotatable bonds is 3. The van der Waals surface area contributed by atoms with Crippen LogP contribution < -0.4 is 4.90 Å². The SMILES string of the molecule is CSc1ccc2nc(N3CCN(C(=O)C4CCCO4)CC3)sc2c1. The number of anilines is 1. The zero-order chi connectivity index (χ0) is 16.5. The van der Waals surface area contributed by atoms with E-state index in [9.17, 15) is 4.79 Å². The van der Waals surface area contributed by atoms with Gasteiger partial charge in [-0.25, -0.2) is 4.98 Å². The monoisotopic (exact) mass is 363 g/mol. The highest BCUT2D eigenvalue weighted by Gasteiger charge is 2.30. The van der Waals surface area contributed by atoms with Gasteiger partial charge in [-0.1, -0.05) is 11.3 Å². The van der Waals surface area contributed by atoms with Crippen molar-refractivity contribution in [1.29, 1.82) is 0 Å². The molecule has 2 saturated heterocycles. The van der Waals surface area contributed by atoms with E-state index >= 15 is 0 Å². The van der Waals surface area contributed by atoms with Crippen molar-refractivity contribution in [2.45, 2.75) is 23.8 Å². The molecule has 0 bridgehead atoms. The number of nitrogens with zero attached hydrogens (tertiary/aromatic N) is 3. The Kier molecular flexibility index (Phi) is 4.65. The summed E-state index contributed by atoms with van der Waals surface area (Å²) >= 11 is 3.49. The molecule has 0 saturated carbocycles. The number of piperazine rings is 1. The molecule has 1 aromatic carbocycles. The molecular formula is C17H21N3O2S2. The lowest BCUT2D eigenvalue weighted by Gasteiger charge is -2.35. The molecule has 0 radical (unpaired) electrons. The van der Waals surface area contributed by atoms with Crippen LogP contribution in [0.3, 0.4) is 0 Å². The number of amides is 1. The highest BCUT2D eigenvalue weighted by atomic mass is 32.2. The van der Waals surface area contributed by atoms with E-state index in [0.717, 1.165) is 56.3 Å². The molecule has 2 aliphatic rings. The molecule has 7 heteroatoms. The molecule has 24 heavy (non-hydrogen) atoms. The molecule has 3 heterocycles. The molecule has 128 valence electrons. The van der Waals surface area contributed by atoms with Gasteiger partial charge in [-0.15, -0.1) is 11.8 Å². The molecule has 1 unspecified atom stereocenters. The van der Waals surface area contributed by atoms with Crippen LogP contribution in [0, 0.1) is 0 Å². The number of aromatic nitrogens is 1. The summed E-state index contributed by atoms with van der Waals surface area (Å²) < 4.78 is 6.76. The van der Waals surface area contributed by atoms with E-state index in [1.807, 2.05) is 4.90 Å². The minimum Gasteiger partial charge on any atom is -0.368 e. The van der Waals surface area contributed by atoms with Crippen LogP contribution in [0.2, 0.25) is 0 Å². The molecule has 0 spiro atoms. The van der Waals surface area contributed by atoms with Crippen LogP contribution in [-0.2, 0) is 9.53 Å². The van der Waals surface area contributed by atoms with Crippen LogP contribution in [0.1, 0.15) is 12.8 Å². The second-order valence-corrected chi connectivity index (χ2v) is 8.03. The lowest BCUT2D eigenvalue weighted by Crippen LogP contribution is -2.51. The number of benzene rings is 1. The average Bonchev–Trinajstić information content (AvgIpc) is 3.30. The van der Waals surface area contributed by atoms with Crippen LogP contribution >= 0.6 is 23.1 Å². The van der Waals surface area contributed by atoms with Crippen LogP contribution in [0.5, 0.6) is 0 Å². The number of thioether (sulfide) groups is 1. The van der Waals surface area contributed by atoms with Crippen LogP contribution in [0.25, 0.3) is 10.2 Å². The van der Waals surface area contributed by atoms with Crippen molar-refractivity contribution in [3.63, 3.8) is 0 Å². The lowest BCUT2D eigenvalue weighted by atomic mass is 10.2. The molecule has 0 N–H and O–H groups in total. The van der Waals surface area contributed by atoms with Gasteiger partial charge >= 0.3 is 0 Å². The zero-order valence-corrected chi connectivity index (χ0v) is 15.4. The summed E-state index contributed by atoms with van der Waals surface area (Å²) in [6.45, 7) is 3.91. The van der Waals surface area contributed by atoms with Crippen molar-refractivity contribution in [3.8, 4) is 0 Å². The standard InChI is InChI=1S/C17H21N3O2S2/c1-23-12-4-5-13-15(11-12)24-17(18-13)20-8-6-19(7-9-20)16(21)14-3-2-10-22-14/h4-5,11,14H,2-3,6-10H2,1H3. The van der Waals surface area contributed by atoms with Gasteiger partial charge in [-0.3, -0.25) is 4.79 Å². The number of hydrogen-bond acceptors (Lipinski definition) is 6. The summed E-state index contributed by atoms with van der Waals surface area (Å²) in [5.74, 6) is 0.168. The topological polar surface area (TPSA) is 45.7 Å². The Labute approximate surface area is 150 Å². The Bertz CT molecular complexity index is 735. The fourth-order valence-corrected chi connectivity index (χ4v) is 4.82. The van der Waals surface area contributed by atoms with Crippen molar-refractivity contribution in [2.75, 3.05) is 43.9 Å². The minimum atomic E-state index is -0.205. The Morgan fingerprint density at radius 2 is 2.17 bits per heavy atom. The normalized spacial score (nSPS) is 21.6. The van der Waals surface area contributed by atoms with Crippen molar-refractivity contribution in [3.05, 3.63) is 18.2 Å². The first-order valence-corrected chi connectivity index (χ1v) is 10.4. The Morgan fingerprint density at radius 1 is 1.33 bits per heavy atom. The first-order valence-electron chi connectivity index (χ1n) is 8.34. The highest BCUT2D eigenvalue weighted by Crippen LogP contribution is 2.32. The third kappa shape index (κ3) is 3.12. The number of carbonyl (C=O) groups is 1. The predicted molar refractivity (Wildman–Crippen MR) is 99.2 cm³/mol. The lowest BCUT2D eigenvalue weighted by molar-refractivity contribution is -0.141. The quantitative estimate of drug-likeness (QED) is 0.785. The Morgan fingerprint density at radius 3 is 2.88 bits per heavy atom. The molecule has 1 amide bonds. The van der Waals surface area contributed by atoms with Crippen LogP contribution in [-0.4, -0.2) is 60.9 Å². The van der Waals surface area contributed by atoms with E-state index in [4.69, 9.17) is 9.72 Å². The fraction of sp³-hybridized carbons (Fsp3) is 0.529. The van der Waals surface area contributed by atoms with Gasteiger partial charge in [0.15, 0.2) is 5.13 Å². The van der Waals surface area contributed by atoms with Gasteiger partial charge in [-0.2, -0.15) is 0 Å². The molecule has 1 atom stereocenters. The zero-order valence-electron chi connectivity index (χ0n) is 13.7. The predicted octanol–water partition coefficient (Wildman–Crippen LogP) is 2.85. The van der Waals surface area contributed by atoms with E-state index < -0.39 is 0 Å². The highest BCUT2D eigenvalue weighted by molar-refractivity contribution is 7.98. The summed E-state index contributed by atoms with van der Waals surface area (Å²) in [7, 11) is 0. The summed E-state index contributed by atoms with van der Waals surface area (Å²) in [6, 6.07) is 6.42. The second-order valence-electron chi connectivity index (χ2n) is 6.14. The van der Waals surface area contributed by atoms with Gasteiger partial charge in [0, 0.05) is 37.7 Å². The van der Waals surface area contributed by atoms with E-state index in [1.54, 1.807) is 23.1 Å². The third-order valence-corrected chi connectivity index (χ3v) is 6.46. The fourth-order valence-electron chi connectivity index (χ4n) is 3.25. The van der Waals surface area contributed by atoms with Crippen molar-refractivity contribution in [1.82, 2.24) is 9.88 Å². The number of thiazole rings is 1. The number of carbonyl (C=O) groups excluding carboxylic acids is 1. The molecule has 4 rings (SSSR count). The largest absolute Gasteiger partial charge is 0.368 e. The van der Waals surface area contributed by atoms with E-state index in [2.05, 4.69) is 29.4 Å². The summed E-state index contributed by atoms with van der Waals surface area (Å²) in [4.78, 5) is 22.7. The van der Waals surface area contributed by atoms with Gasteiger partial charge in [0.1, 0.15) is 6.10 Å². The smallest absolute Gasteiger partial charge is 0.251 e. The van der Waals surface area contributed by atoms with E-state index in [1.165, 1.54) is 9.60 Å². The summed E-state index contributed by atoms with van der Waals surface area (Å²) in [5, 5.41) is 1.06. The Hall–Kier alpha value is -1.31. The van der Waals surface area contributed by atoms with Gasteiger partial charge in [0.25, 0.3) is 5.91 Å². The maximum absolute atomic E-state index is 12.4. The summed E-state index contributed by atoms with van der Waals surface area (Å²) in [6.07, 6.45) is 3.76. The molecule has 2 aliphatic heterocycles. The minimum absolute atomic E-state index is 0.168. The number of ether oxygens (including phenoxy) is 1. The van der Waals surface area contributed by atoms with Crippen LogP contribution in [0.15, 0.2) is 23.1 Å². The van der Waals surface area contributed by atoms with Crippen LogP contribution in [0.4, 0.5) is 5.13 Å². The number of fused-ring (bicyclic) bond motifs is 1. The molecule has 2 aromatic rings. The first kappa shape index (κ1) is 16.2. The second kappa shape index (κ2) is 6.90. The van der Waals surface area contributed by atoms with E-state index in [-0.39, 0.29) is 12.0 Å². The van der Waals surface area contributed by atoms with Crippen molar-refractivity contribution >= 4 is 44.4 Å². The average molecular weight is 364 g/mol. The van der Waals surface area contributed by atoms with Crippen molar-refractivity contribution < 1.29 is 9.53 Å².